The lowest BCUT2D eigenvalue weighted by atomic mass is 9.60. The van der Waals surface area contributed by atoms with Gasteiger partial charge < -0.3 is 5.32 Å². The molecule has 0 fully saturated rings. The second-order valence-electron chi connectivity index (χ2n) is 10.4. The van der Waals surface area contributed by atoms with E-state index in [-0.39, 0.29) is 46.4 Å². The number of carbonyl (C=O) groups is 2. The second-order valence-corrected chi connectivity index (χ2v) is 12.7. The van der Waals surface area contributed by atoms with Crippen LogP contribution in [0.3, 0.4) is 0 Å². The van der Waals surface area contributed by atoms with Gasteiger partial charge in [0.1, 0.15) is 11.5 Å². The average molecular weight is 535 g/mol. The minimum absolute atomic E-state index is 0.0325. The molecule has 2 aromatic heterocycles. The highest BCUT2D eigenvalue weighted by molar-refractivity contribution is 7.91. The van der Waals surface area contributed by atoms with Crippen LogP contribution >= 0.6 is 0 Å². The van der Waals surface area contributed by atoms with Gasteiger partial charge in [-0.05, 0) is 74.9 Å². The zero-order valence-electron chi connectivity index (χ0n) is 22.7. The van der Waals surface area contributed by atoms with Crippen molar-refractivity contribution in [2.45, 2.75) is 64.8 Å². The van der Waals surface area contributed by atoms with Crippen molar-refractivity contribution >= 4 is 21.5 Å². The van der Waals surface area contributed by atoms with Crippen LogP contribution in [0, 0.1) is 25.7 Å². The Balaban J connectivity index is 1.58. The summed E-state index contributed by atoms with van der Waals surface area (Å²) in [5.74, 6) is 0.379. The summed E-state index contributed by atoms with van der Waals surface area (Å²) in [6.45, 7) is 11.7. The zero-order valence-corrected chi connectivity index (χ0v) is 23.5. The second kappa shape index (κ2) is 10.4. The summed E-state index contributed by atoms with van der Waals surface area (Å²) in [6.07, 6.45) is 0.547. The number of hydrogen-bond donors (Lipinski definition) is 1. The number of benzene rings is 1. The number of carbonyl (C=O) groups excluding carboxylic acids is 2. The Kier molecular flexibility index (Phi) is 7.52. The molecule has 9 heteroatoms. The monoisotopic (exact) mass is 534 g/mol. The largest absolute Gasteiger partial charge is 0.347 e. The molecule has 1 aliphatic carbocycles. The van der Waals surface area contributed by atoms with Crippen LogP contribution in [0.4, 0.5) is 0 Å². The van der Waals surface area contributed by atoms with Crippen LogP contribution in [0.25, 0.3) is 0 Å². The summed E-state index contributed by atoms with van der Waals surface area (Å²) < 4.78 is 24.0. The molecule has 0 radical (unpaired) electrons. The average Bonchev–Trinajstić information content (AvgIpc) is 2.88. The maximum atomic E-state index is 13.9. The number of fused-ring (bicyclic) bond motifs is 1. The highest BCUT2D eigenvalue weighted by atomic mass is 32.2. The van der Waals surface area contributed by atoms with E-state index < -0.39 is 15.3 Å². The number of nitrogens with one attached hydrogen (secondary N) is 1. The molecule has 2 heterocycles. The molecule has 38 heavy (non-hydrogen) atoms. The predicted molar refractivity (Wildman–Crippen MR) is 145 cm³/mol. The lowest BCUT2D eigenvalue weighted by Crippen LogP contribution is -2.48. The number of hydrogen-bond acceptors (Lipinski definition) is 7. The van der Waals surface area contributed by atoms with Gasteiger partial charge in [-0.1, -0.05) is 32.9 Å². The van der Waals surface area contributed by atoms with Gasteiger partial charge in [0.15, 0.2) is 15.6 Å². The molecule has 8 nitrogen and oxygen atoms in total. The normalized spacial score (nSPS) is 19.3. The number of sulfone groups is 1. The standard InChI is InChI=1S/C29H34N4O4S/c1-7-38(36,37)21-10-8-20(9-11-21)16-30-28(35)24-13-12-22-25(33-24)15-23(17(2)3)29(6,27(22)34)26-14-18(4)31-19(5)32-26/h8-14,17,23H,7,15-16H2,1-6H3,(H,30,35). The van der Waals surface area contributed by atoms with Gasteiger partial charge in [0.2, 0.25) is 0 Å². The van der Waals surface area contributed by atoms with Crippen molar-refractivity contribution in [3.8, 4) is 0 Å². The number of nitrogens with zero attached hydrogens (tertiary/aromatic N) is 3. The van der Waals surface area contributed by atoms with Crippen LogP contribution in [0.15, 0.2) is 47.4 Å². The molecule has 0 bridgehead atoms. The van der Waals surface area contributed by atoms with Gasteiger partial charge in [0.05, 0.1) is 27.5 Å². The van der Waals surface area contributed by atoms with Gasteiger partial charge in [0, 0.05) is 17.8 Å². The Morgan fingerprint density at radius 3 is 2.37 bits per heavy atom. The molecule has 4 rings (SSSR count). The number of ketones is 1. The Bertz CT molecular complexity index is 1480. The first-order chi connectivity index (χ1) is 17.9. The van der Waals surface area contributed by atoms with E-state index in [4.69, 9.17) is 0 Å². The van der Waals surface area contributed by atoms with E-state index in [1.165, 1.54) is 0 Å². The lowest BCUT2D eigenvalue weighted by Gasteiger charge is -2.42. The highest BCUT2D eigenvalue weighted by Crippen LogP contribution is 2.44. The molecular weight excluding hydrogens is 500 g/mol. The molecule has 0 saturated heterocycles. The molecule has 0 saturated carbocycles. The first-order valence-electron chi connectivity index (χ1n) is 12.8. The van der Waals surface area contributed by atoms with E-state index >= 15 is 0 Å². The van der Waals surface area contributed by atoms with E-state index in [1.807, 2.05) is 26.8 Å². The number of aromatic nitrogens is 3. The first kappa shape index (κ1) is 27.6. The summed E-state index contributed by atoms with van der Waals surface area (Å²) in [7, 11) is -3.28. The Morgan fingerprint density at radius 1 is 1.08 bits per heavy atom. The Morgan fingerprint density at radius 2 is 1.76 bits per heavy atom. The predicted octanol–water partition coefficient (Wildman–Crippen LogP) is 4.18. The molecule has 1 aromatic carbocycles. The van der Waals surface area contributed by atoms with Crippen LogP contribution in [0.5, 0.6) is 0 Å². The van der Waals surface area contributed by atoms with Crippen LogP contribution < -0.4 is 5.32 Å². The van der Waals surface area contributed by atoms with Crippen LogP contribution in [-0.2, 0) is 28.2 Å². The van der Waals surface area contributed by atoms with Crippen molar-refractivity contribution in [2.75, 3.05) is 5.75 Å². The van der Waals surface area contributed by atoms with Crippen LogP contribution in [0.1, 0.15) is 77.0 Å². The molecule has 200 valence electrons. The minimum atomic E-state index is -3.28. The maximum Gasteiger partial charge on any atom is 0.270 e. The molecule has 2 unspecified atom stereocenters. The van der Waals surface area contributed by atoms with E-state index in [2.05, 4.69) is 34.1 Å². The van der Waals surface area contributed by atoms with Crippen LogP contribution in [0.2, 0.25) is 0 Å². The summed E-state index contributed by atoms with van der Waals surface area (Å²) in [5.41, 5.74) is 2.85. The Hall–Kier alpha value is -3.46. The number of Topliss-reactive ketones (excluding diaryl/α,β-unsaturated/α-hetero) is 1. The third kappa shape index (κ3) is 5.12. The summed E-state index contributed by atoms with van der Waals surface area (Å²) >= 11 is 0. The van der Waals surface area contributed by atoms with Gasteiger partial charge in [0.25, 0.3) is 5.91 Å². The highest BCUT2D eigenvalue weighted by Gasteiger charge is 2.50. The van der Waals surface area contributed by atoms with Gasteiger partial charge in [-0.3, -0.25) is 9.59 Å². The van der Waals surface area contributed by atoms with Crippen molar-refractivity contribution in [3.05, 3.63) is 82.2 Å². The smallest absolute Gasteiger partial charge is 0.270 e. The van der Waals surface area contributed by atoms with Gasteiger partial charge >= 0.3 is 0 Å². The molecule has 1 N–H and O–H groups in total. The third-order valence-corrected chi connectivity index (χ3v) is 9.25. The molecule has 0 spiro atoms. The molecular formula is C29H34N4O4S. The SMILES string of the molecule is CCS(=O)(=O)c1ccc(CNC(=O)c2ccc3c(n2)CC(C(C)C)C(C)(c2cc(C)nc(C)n2)C3=O)cc1. The number of amides is 1. The Labute approximate surface area is 224 Å². The lowest BCUT2D eigenvalue weighted by molar-refractivity contribution is 0.0757. The van der Waals surface area contributed by atoms with Crippen molar-refractivity contribution < 1.29 is 18.0 Å². The van der Waals surface area contributed by atoms with Gasteiger partial charge in [-0.25, -0.2) is 23.4 Å². The first-order valence-corrected chi connectivity index (χ1v) is 14.5. The topological polar surface area (TPSA) is 119 Å². The van der Waals surface area contributed by atoms with Crippen molar-refractivity contribution in [1.82, 2.24) is 20.3 Å². The molecule has 2 atom stereocenters. The van der Waals surface area contributed by atoms with Crippen LogP contribution in [-0.4, -0.2) is 40.8 Å². The quantitative estimate of drug-likeness (QED) is 0.483. The van der Waals surface area contributed by atoms with Crippen molar-refractivity contribution in [3.63, 3.8) is 0 Å². The van der Waals surface area contributed by atoms with Gasteiger partial charge in [-0.15, -0.1) is 0 Å². The maximum absolute atomic E-state index is 13.9. The van der Waals surface area contributed by atoms with E-state index in [9.17, 15) is 18.0 Å². The summed E-state index contributed by atoms with van der Waals surface area (Å²) in [4.78, 5) is 40.8. The number of rotatable bonds is 7. The van der Waals surface area contributed by atoms with Gasteiger partial charge in [-0.2, -0.15) is 0 Å². The third-order valence-electron chi connectivity index (χ3n) is 7.50. The molecule has 0 aliphatic heterocycles. The van der Waals surface area contributed by atoms with E-state index in [0.29, 0.717) is 23.5 Å². The number of aryl methyl sites for hydroxylation is 2. The fourth-order valence-electron chi connectivity index (χ4n) is 5.30. The fraction of sp³-hybridized carbons (Fsp3) is 0.414. The van der Waals surface area contributed by atoms with Crippen molar-refractivity contribution in [1.29, 1.82) is 0 Å². The van der Waals surface area contributed by atoms with E-state index in [1.54, 1.807) is 43.3 Å². The number of pyridine rings is 1. The minimum Gasteiger partial charge on any atom is -0.347 e. The van der Waals surface area contributed by atoms with E-state index in [0.717, 1.165) is 17.0 Å². The summed E-state index contributed by atoms with van der Waals surface area (Å²) in [5, 5.41) is 2.84. The molecule has 1 amide bonds. The summed E-state index contributed by atoms with van der Waals surface area (Å²) in [6, 6.07) is 11.6. The zero-order chi connectivity index (χ0) is 27.8. The molecule has 3 aromatic rings. The fourth-order valence-corrected chi connectivity index (χ4v) is 6.18. The molecule has 1 aliphatic rings. The van der Waals surface area contributed by atoms with Crippen molar-refractivity contribution in [2.24, 2.45) is 11.8 Å².